The first-order valence-electron chi connectivity index (χ1n) is 10.4. The van der Waals surface area contributed by atoms with Gasteiger partial charge in [0.2, 0.25) is 5.91 Å². The van der Waals surface area contributed by atoms with E-state index in [2.05, 4.69) is 41.4 Å². The highest BCUT2D eigenvalue weighted by molar-refractivity contribution is 5.91. The summed E-state index contributed by atoms with van der Waals surface area (Å²) in [5.41, 5.74) is 1.71. The molecule has 1 saturated carbocycles. The van der Waals surface area contributed by atoms with Gasteiger partial charge in [-0.25, -0.2) is 4.39 Å². The second-order valence-electron chi connectivity index (χ2n) is 8.44. The van der Waals surface area contributed by atoms with Crippen LogP contribution in [-0.2, 0) is 10.2 Å². The van der Waals surface area contributed by atoms with E-state index in [9.17, 15) is 9.18 Å². The summed E-state index contributed by atoms with van der Waals surface area (Å²) in [6, 6.07) is 17.1. The van der Waals surface area contributed by atoms with Crippen molar-refractivity contribution in [3.8, 4) is 0 Å². The minimum absolute atomic E-state index is 0.0745. The molecule has 4 rings (SSSR count). The molecular weight excluding hydrogens is 351 g/mol. The SMILES string of the molecule is CC1CCN(C(CNC(=O)C2(c3ccc(F)cc3)CC2)c2ccccc2)CC1. The second-order valence-corrected chi connectivity index (χ2v) is 8.44. The molecule has 28 heavy (non-hydrogen) atoms. The molecule has 4 heteroatoms. The predicted octanol–water partition coefficient (Wildman–Crippen LogP) is 4.45. The number of rotatable bonds is 6. The molecule has 0 aromatic heterocycles. The van der Waals surface area contributed by atoms with Crippen LogP contribution in [0.3, 0.4) is 0 Å². The highest BCUT2D eigenvalue weighted by Gasteiger charge is 2.51. The van der Waals surface area contributed by atoms with E-state index in [0.717, 1.165) is 37.4 Å². The van der Waals surface area contributed by atoms with E-state index >= 15 is 0 Å². The molecule has 3 nitrogen and oxygen atoms in total. The number of benzene rings is 2. The maximum absolute atomic E-state index is 13.3. The van der Waals surface area contributed by atoms with Crippen LogP contribution >= 0.6 is 0 Å². The van der Waals surface area contributed by atoms with Crippen molar-refractivity contribution in [3.05, 3.63) is 71.5 Å². The van der Waals surface area contributed by atoms with E-state index in [1.165, 1.54) is 30.5 Å². The summed E-state index contributed by atoms with van der Waals surface area (Å²) >= 11 is 0. The van der Waals surface area contributed by atoms with Gasteiger partial charge in [0.1, 0.15) is 5.82 Å². The summed E-state index contributed by atoms with van der Waals surface area (Å²) in [4.78, 5) is 15.6. The number of halogens is 1. The lowest BCUT2D eigenvalue weighted by Crippen LogP contribution is -2.44. The zero-order chi connectivity index (χ0) is 19.6. The summed E-state index contributed by atoms with van der Waals surface area (Å²) in [6.07, 6.45) is 4.08. The van der Waals surface area contributed by atoms with Crippen LogP contribution in [0, 0.1) is 11.7 Å². The highest BCUT2D eigenvalue weighted by atomic mass is 19.1. The largest absolute Gasteiger partial charge is 0.353 e. The Balaban J connectivity index is 1.47. The fourth-order valence-electron chi connectivity index (χ4n) is 4.37. The average molecular weight is 381 g/mol. The molecule has 1 atom stereocenters. The van der Waals surface area contributed by atoms with Crippen LogP contribution in [0.4, 0.5) is 4.39 Å². The predicted molar refractivity (Wildman–Crippen MR) is 109 cm³/mol. The van der Waals surface area contributed by atoms with Gasteiger partial charge < -0.3 is 5.32 Å². The van der Waals surface area contributed by atoms with Crippen LogP contribution in [-0.4, -0.2) is 30.4 Å². The Morgan fingerprint density at radius 1 is 1.11 bits per heavy atom. The summed E-state index contributed by atoms with van der Waals surface area (Å²) in [5.74, 6) is 0.587. The number of nitrogens with one attached hydrogen (secondary N) is 1. The fraction of sp³-hybridized carbons (Fsp3) is 0.458. The third-order valence-electron chi connectivity index (χ3n) is 6.48. The minimum Gasteiger partial charge on any atom is -0.353 e. The van der Waals surface area contributed by atoms with E-state index < -0.39 is 5.41 Å². The van der Waals surface area contributed by atoms with Crippen LogP contribution in [0.15, 0.2) is 54.6 Å². The molecule has 2 aromatic carbocycles. The minimum atomic E-state index is -0.467. The normalized spacial score (nSPS) is 20.5. The Hall–Kier alpha value is -2.20. The van der Waals surface area contributed by atoms with Gasteiger partial charge in [-0.3, -0.25) is 9.69 Å². The lowest BCUT2D eigenvalue weighted by Gasteiger charge is -2.37. The third kappa shape index (κ3) is 3.97. The quantitative estimate of drug-likeness (QED) is 0.803. The van der Waals surface area contributed by atoms with Crippen molar-refractivity contribution in [1.29, 1.82) is 0 Å². The molecule has 1 aliphatic carbocycles. The molecule has 1 N–H and O–H groups in total. The lowest BCUT2D eigenvalue weighted by molar-refractivity contribution is -0.123. The molecule has 1 heterocycles. The van der Waals surface area contributed by atoms with Gasteiger partial charge in [-0.05, 0) is 68.0 Å². The molecule has 2 aliphatic rings. The van der Waals surface area contributed by atoms with Crippen molar-refractivity contribution in [2.45, 2.75) is 44.1 Å². The van der Waals surface area contributed by atoms with Crippen molar-refractivity contribution in [1.82, 2.24) is 10.2 Å². The van der Waals surface area contributed by atoms with Crippen LogP contribution in [0.2, 0.25) is 0 Å². The maximum Gasteiger partial charge on any atom is 0.230 e. The number of carbonyl (C=O) groups is 1. The van der Waals surface area contributed by atoms with Gasteiger partial charge >= 0.3 is 0 Å². The number of hydrogen-bond acceptors (Lipinski definition) is 2. The fourth-order valence-corrected chi connectivity index (χ4v) is 4.37. The molecule has 148 valence electrons. The van der Waals surface area contributed by atoms with Crippen molar-refractivity contribution in [3.63, 3.8) is 0 Å². The molecule has 1 amide bonds. The number of likely N-dealkylation sites (tertiary alicyclic amines) is 1. The monoisotopic (exact) mass is 380 g/mol. The first kappa shape index (κ1) is 19.1. The van der Waals surface area contributed by atoms with E-state index in [1.807, 2.05) is 6.07 Å². The molecule has 1 aliphatic heterocycles. The Morgan fingerprint density at radius 3 is 2.36 bits per heavy atom. The third-order valence-corrected chi connectivity index (χ3v) is 6.48. The molecular formula is C24H29FN2O. The van der Waals surface area contributed by atoms with E-state index in [1.54, 1.807) is 12.1 Å². The Bertz CT molecular complexity index is 793. The Labute approximate surface area is 166 Å². The number of nitrogens with zero attached hydrogens (tertiary/aromatic N) is 1. The molecule has 2 fully saturated rings. The van der Waals surface area contributed by atoms with Gasteiger partial charge in [0.25, 0.3) is 0 Å². The van der Waals surface area contributed by atoms with Crippen LogP contribution in [0.5, 0.6) is 0 Å². The Morgan fingerprint density at radius 2 is 1.75 bits per heavy atom. The first-order chi connectivity index (χ1) is 13.6. The number of hydrogen-bond donors (Lipinski definition) is 1. The topological polar surface area (TPSA) is 32.3 Å². The van der Waals surface area contributed by atoms with Gasteiger partial charge in [0.05, 0.1) is 11.5 Å². The van der Waals surface area contributed by atoms with Crippen molar-refractivity contribution >= 4 is 5.91 Å². The number of amides is 1. The van der Waals surface area contributed by atoms with Crippen molar-refractivity contribution in [2.75, 3.05) is 19.6 Å². The summed E-state index contributed by atoms with van der Waals surface area (Å²) in [6.45, 7) is 5.07. The highest BCUT2D eigenvalue weighted by Crippen LogP contribution is 2.48. The molecule has 1 unspecified atom stereocenters. The van der Waals surface area contributed by atoms with Gasteiger partial charge in [-0.2, -0.15) is 0 Å². The molecule has 2 aromatic rings. The van der Waals surface area contributed by atoms with Gasteiger partial charge in [-0.1, -0.05) is 49.4 Å². The van der Waals surface area contributed by atoms with E-state index in [0.29, 0.717) is 6.54 Å². The molecule has 0 spiro atoms. The summed E-state index contributed by atoms with van der Waals surface area (Å²) in [5, 5.41) is 3.23. The second kappa shape index (κ2) is 8.04. The number of piperidine rings is 1. The Kier molecular flexibility index (Phi) is 5.49. The van der Waals surface area contributed by atoms with Crippen molar-refractivity contribution < 1.29 is 9.18 Å². The zero-order valence-corrected chi connectivity index (χ0v) is 16.5. The summed E-state index contributed by atoms with van der Waals surface area (Å²) in [7, 11) is 0. The van der Waals surface area contributed by atoms with Crippen molar-refractivity contribution in [2.24, 2.45) is 5.92 Å². The van der Waals surface area contributed by atoms with Gasteiger partial charge in [0.15, 0.2) is 0 Å². The number of carbonyl (C=O) groups excluding carboxylic acids is 1. The van der Waals surface area contributed by atoms with Crippen LogP contribution in [0.1, 0.15) is 49.8 Å². The summed E-state index contributed by atoms with van der Waals surface area (Å²) < 4.78 is 13.3. The van der Waals surface area contributed by atoms with Crippen LogP contribution in [0.25, 0.3) is 0 Å². The van der Waals surface area contributed by atoms with Gasteiger partial charge in [0, 0.05) is 6.54 Å². The standard InChI is InChI=1S/C24H29FN2O/c1-18-11-15-27(16-12-18)22(19-5-3-2-4-6-19)17-26-23(28)24(13-14-24)20-7-9-21(25)10-8-20/h2-10,18,22H,11-17H2,1H3,(H,26,28). The maximum atomic E-state index is 13.3. The lowest BCUT2D eigenvalue weighted by atomic mass is 9.94. The molecule has 0 bridgehead atoms. The molecule has 1 saturated heterocycles. The first-order valence-corrected chi connectivity index (χ1v) is 10.4. The van der Waals surface area contributed by atoms with Crippen LogP contribution < -0.4 is 5.32 Å². The smallest absolute Gasteiger partial charge is 0.230 e. The van der Waals surface area contributed by atoms with E-state index in [-0.39, 0.29) is 17.8 Å². The zero-order valence-electron chi connectivity index (χ0n) is 16.5. The average Bonchev–Trinajstić information content (AvgIpc) is 3.53. The van der Waals surface area contributed by atoms with E-state index in [4.69, 9.17) is 0 Å². The van der Waals surface area contributed by atoms with Gasteiger partial charge in [-0.15, -0.1) is 0 Å². The molecule has 0 radical (unpaired) electrons.